The highest BCUT2D eigenvalue weighted by Crippen LogP contribution is 2.39. The van der Waals surface area contributed by atoms with Crippen molar-refractivity contribution in [2.45, 2.75) is 0 Å². The van der Waals surface area contributed by atoms with Gasteiger partial charge in [-0.2, -0.15) is 0 Å². The Kier molecular flexibility index (Phi) is 3.36. The Balaban J connectivity index is 1.25. The van der Waals surface area contributed by atoms with Crippen LogP contribution in [0.2, 0.25) is 0 Å². The van der Waals surface area contributed by atoms with Crippen molar-refractivity contribution in [1.29, 1.82) is 0 Å². The topological polar surface area (TPSA) is 14.8 Å². The third-order valence-electron chi connectivity index (χ3n) is 9.31. The minimum Gasteiger partial charge on any atom is -0.309 e. The lowest BCUT2D eigenvalue weighted by Gasteiger charge is -2.12. The summed E-state index contributed by atoms with van der Waals surface area (Å²) in [5, 5.41) is 0.411. The van der Waals surface area contributed by atoms with Gasteiger partial charge in [-0.05, 0) is 83.8 Å². The molecule has 11 rings (SSSR count). The number of nitrogens with zero attached hydrogens (tertiary/aromatic N) is 3. The molecule has 8 aromatic carbocycles. The first-order valence-corrected chi connectivity index (χ1v) is 16.1. The highest BCUT2D eigenvalue weighted by molar-refractivity contribution is 6.14. The van der Waals surface area contributed by atoms with Crippen molar-refractivity contribution in [3.05, 3.63) is 188 Å². The van der Waals surface area contributed by atoms with Gasteiger partial charge in [0, 0.05) is 49.4 Å². The van der Waals surface area contributed by atoms with Crippen molar-refractivity contribution in [1.82, 2.24) is 13.7 Å². The Hall–Kier alpha value is -6.84. The van der Waals surface area contributed by atoms with Gasteiger partial charge in [-0.15, -0.1) is 0 Å². The van der Waals surface area contributed by atoms with E-state index in [4.69, 9.17) is 17.8 Å². The van der Waals surface area contributed by atoms with E-state index in [1.165, 1.54) is 16.7 Å². The van der Waals surface area contributed by atoms with Crippen LogP contribution in [0.5, 0.6) is 0 Å². The van der Waals surface area contributed by atoms with E-state index in [2.05, 4.69) is 0 Å². The number of rotatable bonds is 4. The third kappa shape index (κ3) is 4.12. The molecule has 0 atom stereocenters. The Labute approximate surface area is 319 Å². The Morgan fingerprint density at radius 1 is 0.314 bits per heavy atom. The maximum Gasteiger partial charge on any atom is 0.0652 e. The highest BCUT2D eigenvalue weighted by Gasteiger charge is 2.18. The van der Waals surface area contributed by atoms with E-state index in [-0.39, 0.29) is 67.4 Å². The maximum atomic E-state index is 9.94. The maximum absolute atomic E-state index is 9.94. The number of para-hydroxylation sites is 4. The molecule has 0 aliphatic heterocycles. The molecule has 3 aromatic heterocycles. The van der Waals surface area contributed by atoms with Gasteiger partial charge in [0.1, 0.15) is 0 Å². The average molecular weight is 668 g/mol. The third-order valence-corrected chi connectivity index (χ3v) is 9.31. The van der Waals surface area contributed by atoms with Crippen molar-refractivity contribution in [3.63, 3.8) is 0 Å². The molecular formula is C48H31N3. The summed E-state index contributed by atoms with van der Waals surface area (Å²) in [6, 6.07) is 13.2. The van der Waals surface area contributed by atoms with Gasteiger partial charge < -0.3 is 13.7 Å². The van der Waals surface area contributed by atoms with Gasteiger partial charge in [0.05, 0.1) is 57.8 Å². The molecule has 0 saturated heterocycles. The first-order chi connectivity index (χ1) is 32.8. The fourth-order valence-corrected chi connectivity index (χ4v) is 7.18. The number of fused-ring (bicyclic) bond motifs is 9. The number of hydrogen-bond donors (Lipinski definition) is 0. The Morgan fingerprint density at radius 2 is 0.902 bits per heavy atom. The van der Waals surface area contributed by atoms with Gasteiger partial charge in [0.2, 0.25) is 0 Å². The standard InChI is InChI=1S/C48H31N3/c1-2-13-32(14-3-1)33-15-12-16-34(29-33)49-45-23-10-6-19-39(45)41-31-36(26-27-47(41)49)51-46-24-11-7-20-40(46)42-30-35(25-28-48(42)51)50-43-21-8-4-17-37(43)38-18-5-9-22-44(38)50/h1-31H/i1D,4D,5D,7D,8D,9D,11D,13D,14D,17D,18D,20D,21D,22D,24D,25D,28D,30D. The van der Waals surface area contributed by atoms with Crippen LogP contribution < -0.4 is 0 Å². The molecule has 0 aliphatic rings. The molecule has 0 N–H and O–H groups in total. The molecule has 0 bridgehead atoms. The van der Waals surface area contributed by atoms with Crippen molar-refractivity contribution < 1.29 is 24.7 Å². The van der Waals surface area contributed by atoms with Crippen molar-refractivity contribution in [2.75, 3.05) is 0 Å². The van der Waals surface area contributed by atoms with Crippen LogP contribution in [0.1, 0.15) is 24.7 Å². The first-order valence-electron chi connectivity index (χ1n) is 25.1. The Morgan fingerprint density at radius 3 is 1.65 bits per heavy atom. The summed E-state index contributed by atoms with van der Waals surface area (Å²) in [6.45, 7) is 0. The molecule has 3 heterocycles. The van der Waals surface area contributed by atoms with Crippen LogP contribution in [0.25, 0.3) is 93.6 Å². The van der Waals surface area contributed by atoms with Crippen LogP contribution in [0.15, 0.2) is 188 Å². The lowest BCUT2D eigenvalue weighted by Crippen LogP contribution is -1.97. The molecule has 3 heteroatoms. The first kappa shape index (κ1) is 15.8. The minimum atomic E-state index is -0.726. The fourth-order valence-electron chi connectivity index (χ4n) is 7.18. The second-order valence-electron chi connectivity index (χ2n) is 12.0. The molecule has 11 aromatic rings. The summed E-state index contributed by atoms with van der Waals surface area (Å²) in [7, 11) is 0. The molecule has 3 nitrogen and oxygen atoms in total. The van der Waals surface area contributed by atoms with Crippen molar-refractivity contribution in [3.8, 4) is 28.2 Å². The van der Waals surface area contributed by atoms with E-state index in [0.717, 1.165) is 15.5 Å². The van der Waals surface area contributed by atoms with Crippen LogP contribution in [0.3, 0.4) is 0 Å². The lowest BCUT2D eigenvalue weighted by molar-refractivity contribution is 1.16. The fraction of sp³-hybridized carbons (Fsp3) is 0. The van der Waals surface area contributed by atoms with Crippen LogP contribution in [0.4, 0.5) is 0 Å². The molecule has 238 valence electrons. The summed E-state index contributed by atoms with van der Waals surface area (Å²) in [5.74, 6) is 0. The SMILES string of the molecule is [2H]c1cc([2H])c(-c2cccc(-n3c4ccccc4c4cc(-n5c6c([2H])c([2H])c([2H])c([2H])c6c6c([2H])c(-n7c8c([2H])c([2H])c([2H])c([2H])c8c8c([2H])c([2H])c([2H])c([2H])c87)c([2H])c([2H])c65)ccc43)c2)c([2H])c1. The molecule has 0 saturated carbocycles. The number of hydrogen-bond acceptors (Lipinski definition) is 0. The molecule has 51 heavy (non-hydrogen) atoms. The lowest BCUT2D eigenvalue weighted by atomic mass is 10.1. The predicted octanol–water partition coefficient (Wildman–Crippen LogP) is 12.6. The summed E-state index contributed by atoms with van der Waals surface area (Å²) in [4.78, 5) is 0. The van der Waals surface area contributed by atoms with E-state index in [1.54, 1.807) is 24.3 Å². The zero-order valence-corrected chi connectivity index (χ0v) is 26.3. The largest absolute Gasteiger partial charge is 0.309 e. The summed E-state index contributed by atoms with van der Waals surface area (Å²) in [6.07, 6.45) is 0. The molecule has 0 fully saturated rings. The average Bonchev–Trinajstić information content (AvgIpc) is 3.99. The molecular weight excluding hydrogens is 619 g/mol. The second kappa shape index (κ2) is 10.8. The highest BCUT2D eigenvalue weighted by atomic mass is 15.0. The van der Waals surface area contributed by atoms with Gasteiger partial charge in [-0.25, -0.2) is 0 Å². The Bertz CT molecular complexity index is 4090. The quantitative estimate of drug-likeness (QED) is 0.177. The normalized spacial score (nSPS) is 16.9. The molecule has 0 spiro atoms. The van der Waals surface area contributed by atoms with Crippen molar-refractivity contribution in [2.24, 2.45) is 0 Å². The zero-order valence-electron chi connectivity index (χ0n) is 44.3. The zero-order chi connectivity index (χ0) is 49.1. The van der Waals surface area contributed by atoms with Gasteiger partial charge in [0.15, 0.2) is 0 Å². The smallest absolute Gasteiger partial charge is 0.0652 e. The minimum absolute atomic E-state index is 0.0315. The summed E-state index contributed by atoms with van der Waals surface area (Å²) in [5.41, 5.74) is 1.80. The van der Waals surface area contributed by atoms with Gasteiger partial charge >= 0.3 is 0 Å². The van der Waals surface area contributed by atoms with E-state index >= 15 is 0 Å². The monoisotopic (exact) mass is 667 g/mol. The summed E-state index contributed by atoms with van der Waals surface area (Å²) < 4.78 is 165. The van der Waals surface area contributed by atoms with Crippen LogP contribution in [-0.4, -0.2) is 13.7 Å². The van der Waals surface area contributed by atoms with Crippen LogP contribution in [-0.2, 0) is 0 Å². The number of aromatic nitrogens is 3. The van der Waals surface area contributed by atoms with Crippen LogP contribution in [0, 0.1) is 0 Å². The van der Waals surface area contributed by atoms with E-state index in [9.17, 15) is 6.85 Å². The van der Waals surface area contributed by atoms with Gasteiger partial charge in [-0.3, -0.25) is 0 Å². The van der Waals surface area contributed by atoms with Gasteiger partial charge in [0.25, 0.3) is 0 Å². The summed E-state index contributed by atoms with van der Waals surface area (Å²) >= 11 is 0. The van der Waals surface area contributed by atoms with Crippen LogP contribution >= 0.6 is 0 Å². The molecule has 0 amide bonds. The molecule has 0 radical (unpaired) electrons. The second-order valence-corrected chi connectivity index (χ2v) is 12.0. The van der Waals surface area contributed by atoms with Crippen molar-refractivity contribution >= 4 is 65.4 Å². The van der Waals surface area contributed by atoms with E-state index in [0.29, 0.717) is 27.7 Å². The molecule has 0 aliphatic carbocycles. The number of benzene rings is 8. The molecule has 0 unspecified atom stereocenters. The van der Waals surface area contributed by atoms with E-state index < -0.39 is 96.3 Å². The van der Waals surface area contributed by atoms with E-state index in [1.807, 2.05) is 47.0 Å². The van der Waals surface area contributed by atoms with Gasteiger partial charge in [-0.1, -0.05) is 115 Å². The predicted molar refractivity (Wildman–Crippen MR) is 215 cm³/mol.